The van der Waals surface area contributed by atoms with Crippen molar-refractivity contribution in [3.63, 3.8) is 0 Å². The first-order valence-corrected chi connectivity index (χ1v) is 7.18. The molecule has 0 saturated carbocycles. The average Bonchev–Trinajstić information content (AvgIpc) is 2.45. The Morgan fingerprint density at radius 3 is 2.20 bits per heavy atom. The molecule has 106 valence electrons. The third-order valence-electron chi connectivity index (χ3n) is 3.67. The molecule has 2 aromatic rings. The van der Waals surface area contributed by atoms with Crippen LogP contribution in [0.2, 0.25) is 0 Å². The fourth-order valence-electron chi connectivity index (χ4n) is 2.32. The molecule has 2 aromatic carbocycles. The Labute approximate surface area is 120 Å². The predicted octanol–water partition coefficient (Wildman–Crippen LogP) is 4.53. The molecule has 0 spiro atoms. The number of nitrogens with one attached hydrogen (secondary N) is 1. The minimum Gasteiger partial charge on any atom is -0.306 e. The zero-order valence-electron chi connectivity index (χ0n) is 12.4. The molecule has 0 amide bonds. The molecule has 0 aliphatic heterocycles. The molecule has 1 nitrogen and oxygen atoms in total. The van der Waals surface area contributed by atoms with Gasteiger partial charge in [0, 0.05) is 0 Å². The summed E-state index contributed by atoms with van der Waals surface area (Å²) in [6, 6.07) is 13.4. The smallest absolute Gasteiger partial charge is 0.123 e. The van der Waals surface area contributed by atoms with Crippen LogP contribution in [-0.4, -0.2) is 6.54 Å². The van der Waals surface area contributed by atoms with Crippen molar-refractivity contribution in [1.82, 2.24) is 5.32 Å². The summed E-state index contributed by atoms with van der Waals surface area (Å²) >= 11 is 0. The van der Waals surface area contributed by atoms with Crippen molar-refractivity contribution in [3.8, 4) is 0 Å². The van der Waals surface area contributed by atoms with Crippen molar-refractivity contribution in [2.75, 3.05) is 6.54 Å². The van der Waals surface area contributed by atoms with Gasteiger partial charge in [0.1, 0.15) is 5.82 Å². The van der Waals surface area contributed by atoms with E-state index in [-0.39, 0.29) is 11.9 Å². The van der Waals surface area contributed by atoms with Gasteiger partial charge in [-0.3, -0.25) is 0 Å². The van der Waals surface area contributed by atoms with E-state index in [1.165, 1.54) is 28.8 Å². The SMILES string of the molecule is CCCNC(c1ccc(F)cc1)c1ccc(C)c(C)c1. The molecule has 1 N–H and O–H groups in total. The molecule has 2 heteroatoms. The minimum atomic E-state index is -0.192. The lowest BCUT2D eigenvalue weighted by molar-refractivity contribution is 0.592. The second kappa shape index (κ2) is 6.67. The first kappa shape index (κ1) is 14.7. The average molecular weight is 271 g/mol. The van der Waals surface area contributed by atoms with Crippen LogP contribution in [-0.2, 0) is 0 Å². The highest BCUT2D eigenvalue weighted by atomic mass is 19.1. The van der Waals surface area contributed by atoms with E-state index in [4.69, 9.17) is 0 Å². The van der Waals surface area contributed by atoms with Gasteiger partial charge < -0.3 is 5.32 Å². The molecule has 20 heavy (non-hydrogen) atoms. The van der Waals surface area contributed by atoms with Crippen LogP contribution in [0.25, 0.3) is 0 Å². The summed E-state index contributed by atoms with van der Waals surface area (Å²) in [4.78, 5) is 0. The lowest BCUT2D eigenvalue weighted by atomic mass is 9.95. The Kier molecular flexibility index (Phi) is 4.91. The van der Waals surface area contributed by atoms with Crippen LogP contribution in [0, 0.1) is 19.7 Å². The normalized spacial score (nSPS) is 12.4. The number of aryl methyl sites for hydroxylation is 2. The zero-order chi connectivity index (χ0) is 14.5. The molecular weight excluding hydrogens is 249 g/mol. The molecule has 0 heterocycles. The fraction of sp³-hybridized carbons (Fsp3) is 0.333. The monoisotopic (exact) mass is 271 g/mol. The molecule has 0 aliphatic rings. The van der Waals surface area contributed by atoms with Gasteiger partial charge in [0.25, 0.3) is 0 Å². The van der Waals surface area contributed by atoms with Crippen LogP contribution >= 0.6 is 0 Å². The highest BCUT2D eigenvalue weighted by Crippen LogP contribution is 2.24. The van der Waals surface area contributed by atoms with Gasteiger partial charge in [-0.25, -0.2) is 4.39 Å². The third kappa shape index (κ3) is 3.45. The van der Waals surface area contributed by atoms with E-state index in [0.717, 1.165) is 18.5 Å². The number of hydrogen-bond acceptors (Lipinski definition) is 1. The molecule has 0 bridgehead atoms. The van der Waals surface area contributed by atoms with E-state index in [0.29, 0.717) is 0 Å². The Balaban J connectivity index is 2.35. The Morgan fingerprint density at radius 2 is 1.60 bits per heavy atom. The largest absolute Gasteiger partial charge is 0.306 e. The Morgan fingerprint density at radius 1 is 0.950 bits per heavy atom. The van der Waals surface area contributed by atoms with Crippen molar-refractivity contribution in [1.29, 1.82) is 0 Å². The number of hydrogen-bond donors (Lipinski definition) is 1. The molecule has 0 aliphatic carbocycles. The second-order valence-corrected chi connectivity index (χ2v) is 5.28. The van der Waals surface area contributed by atoms with Crippen LogP contribution in [0.3, 0.4) is 0 Å². The maximum absolute atomic E-state index is 13.1. The van der Waals surface area contributed by atoms with Crippen molar-refractivity contribution < 1.29 is 4.39 Å². The molecule has 2 rings (SSSR count). The van der Waals surface area contributed by atoms with E-state index in [1.54, 1.807) is 0 Å². The van der Waals surface area contributed by atoms with Crippen molar-refractivity contribution in [2.45, 2.75) is 33.2 Å². The molecule has 0 aromatic heterocycles. The van der Waals surface area contributed by atoms with E-state index in [9.17, 15) is 4.39 Å². The van der Waals surface area contributed by atoms with Gasteiger partial charge in [-0.15, -0.1) is 0 Å². The molecule has 1 atom stereocenters. The lowest BCUT2D eigenvalue weighted by Crippen LogP contribution is -2.23. The maximum Gasteiger partial charge on any atom is 0.123 e. The van der Waals surface area contributed by atoms with Gasteiger partial charge in [-0.2, -0.15) is 0 Å². The van der Waals surface area contributed by atoms with Crippen LogP contribution < -0.4 is 5.32 Å². The summed E-state index contributed by atoms with van der Waals surface area (Å²) in [5.41, 5.74) is 4.91. The van der Waals surface area contributed by atoms with E-state index in [2.05, 4.69) is 44.3 Å². The van der Waals surface area contributed by atoms with Crippen LogP contribution in [0.5, 0.6) is 0 Å². The number of benzene rings is 2. The number of rotatable bonds is 5. The first-order valence-electron chi connectivity index (χ1n) is 7.18. The minimum absolute atomic E-state index is 0.120. The highest BCUT2D eigenvalue weighted by molar-refractivity contribution is 5.37. The van der Waals surface area contributed by atoms with Gasteiger partial charge >= 0.3 is 0 Å². The topological polar surface area (TPSA) is 12.0 Å². The third-order valence-corrected chi connectivity index (χ3v) is 3.67. The second-order valence-electron chi connectivity index (χ2n) is 5.28. The summed E-state index contributed by atoms with van der Waals surface area (Å²) in [5.74, 6) is -0.192. The highest BCUT2D eigenvalue weighted by Gasteiger charge is 2.13. The molecule has 0 radical (unpaired) electrons. The summed E-state index contributed by atoms with van der Waals surface area (Å²) in [5, 5.41) is 3.55. The van der Waals surface area contributed by atoms with Gasteiger partial charge in [-0.1, -0.05) is 37.3 Å². The Hall–Kier alpha value is -1.67. The molecule has 0 fully saturated rings. The van der Waals surface area contributed by atoms with E-state index in [1.807, 2.05) is 12.1 Å². The molecule has 1 unspecified atom stereocenters. The maximum atomic E-state index is 13.1. The first-order chi connectivity index (χ1) is 9.61. The summed E-state index contributed by atoms with van der Waals surface area (Å²) in [6.07, 6.45) is 1.07. The zero-order valence-corrected chi connectivity index (χ0v) is 12.4. The quantitative estimate of drug-likeness (QED) is 0.842. The van der Waals surface area contributed by atoms with Crippen molar-refractivity contribution in [2.24, 2.45) is 0 Å². The summed E-state index contributed by atoms with van der Waals surface area (Å²) < 4.78 is 13.1. The molecule has 0 saturated heterocycles. The van der Waals surface area contributed by atoms with Gasteiger partial charge in [-0.05, 0) is 61.2 Å². The number of halogens is 1. The van der Waals surface area contributed by atoms with E-state index >= 15 is 0 Å². The van der Waals surface area contributed by atoms with Crippen molar-refractivity contribution in [3.05, 3.63) is 70.5 Å². The van der Waals surface area contributed by atoms with Gasteiger partial charge in [0.05, 0.1) is 6.04 Å². The fourth-order valence-corrected chi connectivity index (χ4v) is 2.32. The summed E-state index contributed by atoms with van der Waals surface area (Å²) in [6.45, 7) is 7.33. The lowest BCUT2D eigenvalue weighted by Gasteiger charge is -2.20. The van der Waals surface area contributed by atoms with Gasteiger partial charge in [0.15, 0.2) is 0 Å². The van der Waals surface area contributed by atoms with E-state index < -0.39 is 0 Å². The standard InChI is InChI=1S/C18H22FN/c1-4-11-20-18(15-7-9-17(19)10-8-15)16-6-5-13(2)14(3)12-16/h5-10,12,18,20H,4,11H2,1-3H3. The van der Waals surface area contributed by atoms with Crippen LogP contribution in [0.15, 0.2) is 42.5 Å². The van der Waals surface area contributed by atoms with Crippen molar-refractivity contribution >= 4 is 0 Å². The van der Waals surface area contributed by atoms with Crippen LogP contribution in [0.1, 0.15) is 41.6 Å². The summed E-state index contributed by atoms with van der Waals surface area (Å²) in [7, 11) is 0. The predicted molar refractivity (Wildman–Crippen MR) is 82.5 cm³/mol. The molecular formula is C18H22FN. The Bertz CT molecular complexity index is 560. The van der Waals surface area contributed by atoms with Crippen LogP contribution in [0.4, 0.5) is 4.39 Å². The van der Waals surface area contributed by atoms with Gasteiger partial charge in [0.2, 0.25) is 0 Å².